The van der Waals surface area contributed by atoms with Crippen molar-refractivity contribution in [1.82, 2.24) is 18.9 Å². The molecule has 2 fully saturated rings. The summed E-state index contributed by atoms with van der Waals surface area (Å²) < 4.78 is 26.9. The quantitative estimate of drug-likeness (QED) is 0.0705. The van der Waals surface area contributed by atoms with E-state index in [0.717, 1.165) is 76.1 Å². The Bertz CT molecular complexity index is 2280. The minimum absolute atomic E-state index is 0.221. The molecule has 4 heterocycles. The van der Waals surface area contributed by atoms with Crippen LogP contribution >= 0.6 is 0 Å². The molecule has 0 amide bonds. The van der Waals surface area contributed by atoms with Crippen molar-refractivity contribution in [3.63, 3.8) is 0 Å². The van der Waals surface area contributed by atoms with Crippen LogP contribution in [0.15, 0.2) is 97.3 Å². The fourth-order valence-electron chi connectivity index (χ4n) is 9.63. The van der Waals surface area contributed by atoms with Crippen LogP contribution in [0.4, 0.5) is 0 Å². The zero-order chi connectivity index (χ0) is 42.3. The third-order valence-electron chi connectivity index (χ3n) is 12.9. The van der Waals surface area contributed by atoms with E-state index in [1.54, 1.807) is 31.4 Å². The van der Waals surface area contributed by atoms with Gasteiger partial charge in [-0.25, -0.2) is 9.59 Å². The van der Waals surface area contributed by atoms with E-state index in [-0.39, 0.29) is 11.1 Å². The van der Waals surface area contributed by atoms with Crippen LogP contribution in [0.3, 0.4) is 0 Å². The van der Waals surface area contributed by atoms with Crippen molar-refractivity contribution in [2.24, 2.45) is 0 Å². The van der Waals surface area contributed by atoms with Gasteiger partial charge in [0.15, 0.2) is 0 Å². The highest BCUT2D eigenvalue weighted by Crippen LogP contribution is 2.37. The molecule has 0 N–H and O–H groups in total. The van der Waals surface area contributed by atoms with Gasteiger partial charge in [0, 0.05) is 67.5 Å². The lowest BCUT2D eigenvalue weighted by atomic mass is 9.89. The van der Waals surface area contributed by atoms with Gasteiger partial charge in [0.05, 0.1) is 20.8 Å². The van der Waals surface area contributed by atoms with Crippen LogP contribution in [0.25, 0.3) is 21.8 Å². The number of carbonyl (C=O) groups is 2. The Hall–Kier alpha value is -5.42. The van der Waals surface area contributed by atoms with Gasteiger partial charge >= 0.3 is 11.9 Å². The molecule has 8 rings (SSSR count). The number of rotatable bonds is 16. The van der Waals surface area contributed by atoms with E-state index in [9.17, 15) is 9.59 Å². The number of esters is 2. The maximum absolute atomic E-state index is 13.7. The van der Waals surface area contributed by atoms with Gasteiger partial charge in [0.2, 0.25) is 0 Å². The molecule has 0 saturated carbocycles. The zero-order valence-corrected chi connectivity index (χ0v) is 36.2. The zero-order valence-electron chi connectivity index (χ0n) is 36.2. The average molecular weight is 825 g/mol. The highest BCUT2D eigenvalue weighted by Gasteiger charge is 2.28. The topological polar surface area (TPSA) is 87.4 Å². The number of unbranched alkanes of at least 4 members (excludes halogenated alkanes) is 1. The Morgan fingerprint density at radius 1 is 0.607 bits per heavy atom. The summed E-state index contributed by atoms with van der Waals surface area (Å²) in [6.45, 7) is 9.95. The smallest absolute Gasteiger partial charge is 0.349 e. The predicted molar refractivity (Wildman–Crippen MR) is 241 cm³/mol. The first-order valence-electron chi connectivity index (χ1n) is 22.1. The Labute approximate surface area is 359 Å². The number of aromatic nitrogens is 2. The average Bonchev–Trinajstić information content (AvgIpc) is 3.86. The molecule has 6 aromatic rings. The molecule has 0 atom stereocenters. The minimum atomic E-state index is -0.752. The molecular weight excluding hydrogens is 765 g/mol. The van der Waals surface area contributed by atoms with Crippen LogP contribution in [0, 0.1) is 0 Å². The molecule has 0 bridgehead atoms. The monoisotopic (exact) mass is 824 g/mol. The van der Waals surface area contributed by atoms with Gasteiger partial charge in [-0.15, -0.1) is 0 Å². The molecule has 4 aromatic carbocycles. The summed E-state index contributed by atoms with van der Waals surface area (Å²) >= 11 is 0. The van der Waals surface area contributed by atoms with Gasteiger partial charge < -0.3 is 28.1 Å². The van der Waals surface area contributed by atoms with Crippen LogP contribution in [0.1, 0.15) is 100 Å². The summed E-state index contributed by atoms with van der Waals surface area (Å²) in [7, 11) is 4.79. The van der Waals surface area contributed by atoms with Crippen LogP contribution in [-0.2, 0) is 35.7 Å². The van der Waals surface area contributed by atoms with E-state index in [2.05, 4.69) is 86.8 Å². The summed E-state index contributed by atoms with van der Waals surface area (Å²) in [5.41, 5.74) is 7.83. The predicted octanol–water partition coefficient (Wildman–Crippen LogP) is 9.82. The van der Waals surface area contributed by atoms with Crippen LogP contribution < -0.4 is 9.47 Å². The summed E-state index contributed by atoms with van der Waals surface area (Å²) in [5.74, 6) is 0.205. The maximum Gasteiger partial charge on any atom is 0.349 e. The molecule has 61 heavy (non-hydrogen) atoms. The molecule has 320 valence electrons. The number of fused-ring (bicyclic) bond motifs is 2. The number of hydrogen-bond acceptors (Lipinski definition) is 8. The first-order chi connectivity index (χ1) is 29.9. The number of likely N-dealkylation sites (tertiary alicyclic amines) is 2. The Balaban J connectivity index is 0.886. The molecule has 2 aliphatic heterocycles. The molecule has 10 nitrogen and oxygen atoms in total. The highest BCUT2D eigenvalue weighted by atomic mass is 16.6. The summed E-state index contributed by atoms with van der Waals surface area (Å²) in [6, 6.07) is 28.6. The number of piperidine rings is 2. The molecule has 0 spiro atoms. The van der Waals surface area contributed by atoms with Gasteiger partial charge in [-0.3, -0.25) is 9.80 Å². The van der Waals surface area contributed by atoms with Gasteiger partial charge in [-0.1, -0.05) is 61.9 Å². The van der Waals surface area contributed by atoms with Crippen molar-refractivity contribution in [2.75, 3.05) is 54.1 Å². The molecule has 10 heteroatoms. The second-order valence-corrected chi connectivity index (χ2v) is 16.8. The van der Waals surface area contributed by atoms with E-state index in [4.69, 9.17) is 18.9 Å². The van der Waals surface area contributed by atoms with Crippen LogP contribution in [0.5, 0.6) is 11.5 Å². The highest BCUT2D eigenvalue weighted by molar-refractivity contribution is 6.05. The van der Waals surface area contributed by atoms with Crippen molar-refractivity contribution in [2.45, 2.75) is 83.5 Å². The van der Waals surface area contributed by atoms with E-state index in [1.807, 2.05) is 12.1 Å². The largest absolute Gasteiger partial charge is 0.496 e. The van der Waals surface area contributed by atoms with Crippen molar-refractivity contribution >= 4 is 33.7 Å². The van der Waals surface area contributed by atoms with Crippen molar-refractivity contribution in [3.05, 3.63) is 131 Å². The lowest BCUT2D eigenvalue weighted by Gasteiger charge is -2.32. The fourth-order valence-corrected chi connectivity index (χ4v) is 9.63. The SMILES string of the molecule is CCCCn1cc(C2CCN(Cc3ccc(OC)c(C(=O)OC(=O)c4cc(CN5CCC(c6cn(CCOC)c7ccccc67)CC5)ccc4OC)c3)CC2)c2ccccc21. The standard InChI is InChI=1S/C51H60N4O6/c1-5-6-23-54-34-44(40-11-7-9-13-46(40)54)38-19-24-52(25-20-38)32-36-15-17-48(59-3)42(30-36)50(56)61-51(57)43-31-37(16-18-49(43)60-4)33-53-26-21-39(22-27-53)45-35-55(28-29-58-2)47-14-10-8-12-41(45)47/h7-18,30-31,34-35,38-39H,5-6,19-29,32-33H2,1-4H3. The molecular formula is C51H60N4O6. The van der Waals surface area contributed by atoms with Gasteiger partial charge in [0.1, 0.15) is 22.6 Å². The summed E-state index contributed by atoms with van der Waals surface area (Å²) in [6.07, 6.45) is 11.3. The Morgan fingerprint density at radius 3 is 1.51 bits per heavy atom. The number of ether oxygens (including phenoxy) is 4. The molecule has 2 aromatic heterocycles. The van der Waals surface area contributed by atoms with Crippen molar-refractivity contribution < 1.29 is 28.5 Å². The van der Waals surface area contributed by atoms with E-state index < -0.39 is 11.9 Å². The van der Waals surface area contributed by atoms with Crippen molar-refractivity contribution in [1.29, 1.82) is 0 Å². The van der Waals surface area contributed by atoms with Crippen LogP contribution in [0.2, 0.25) is 0 Å². The number of nitrogens with zero attached hydrogens (tertiary/aromatic N) is 4. The number of para-hydroxylation sites is 2. The molecule has 2 aliphatic rings. The Kier molecular flexibility index (Phi) is 13.5. The maximum atomic E-state index is 13.7. The van der Waals surface area contributed by atoms with Crippen molar-refractivity contribution in [3.8, 4) is 11.5 Å². The molecule has 0 radical (unpaired) electrons. The first-order valence-corrected chi connectivity index (χ1v) is 22.1. The normalized spacial score (nSPS) is 15.7. The summed E-state index contributed by atoms with van der Waals surface area (Å²) in [5, 5.41) is 2.70. The van der Waals surface area contributed by atoms with E-state index >= 15 is 0 Å². The first kappa shape index (κ1) is 42.3. The number of aryl methyl sites for hydroxylation is 1. The lowest BCUT2D eigenvalue weighted by molar-refractivity contribution is 0.0393. The van der Waals surface area contributed by atoms with E-state index in [0.29, 0.717) is 43.0 Å². The Morgan fingerprint density at radius 2 is 1.07 bits per heavy atom. The van der Waals surface area contributed by atoms with Crippen LogP contribution in [-0.4, -0.2) is 85.0 Å². The van der Waals surface area contributed by atoms with E-state index in [1.165, 1.54) is 60.0 Å². The second-order valence-electron chi connectivity index (χ2n) is 16.8. The minimum Gasteiger partial charge on any atom is -0.496 e. The molecule has 0 aliphatic carbocycles. The number of benzene rings is 4. The second kappa shape index (κ2) is 19.5. The fraction of sp³-hybridized carbons (Fsp3) is 0.412. The third-order valence-corrected chi connectivity index (χ3v) is 12.9. The lowest BCUT2D eigenvalue weighted by Crippen LogP contribution is -2.32. The van der Waals surface area contributed by atoms with Gasteiger partial charge in [-0.2, -0.15) is 0 Å². The third kappa shape index (κ3) is 9.42. The molecule has 0 unspecified atom stereocenters. The summed E-state index contributed by atoms with van der Waals surface area (Å²) in [4.78, 5) is 32.3. The van der Waals surface area contributed by atoms with Gasteiger partial charge in [0.25, 0.3) is 0 Å². The number of hydrogen-bond donors (Lipinski definition) is 0. The number of methoxy groups -OCH3 is 3. The molecule has 2 saturated heterocycles. The number of carbonyl (C=O) groups excluding carboxylic acids is 2. The van der Waals surface area contributed by atoms with Gasteiger partial charge in [-0.05, 0) is 129 Å².